The number of esters is 1. The van der Waals surface area contributed by atoms with Crippen molar-refractivity contribution in [3.63, 3.8) is 0 Å². The molecule has 0 saturated heterocycles. The highest BCUT2D eigenvalue weighted by atomic mass is 35.5. The third kappa shape index (κ3) is 3.36. The standard InChI is InChI=1S/C23H12ClNO4S/c24-14-7-5-13(6-8-14)23(27)29-15-9-10-16-19(11-15)28-12-17(21(16)26)22-25-18-3-1-2-4-20(18)30-22/h1-12H. The highest BCUT2D eigenvalue weighted by molar-refractivity contribution is 7.21. The molecule has 0 amide bonds. The van der Waals surface area contributed by atoms with Crippen LogP contribution in [-0.2, 0) is 0 Å². The summed E-state index contributed by atoms with van der Waals surface area (Å²) in [5.74, 6) is -0.252. The van der Waals surface area contributed by atoms with Gasteiger partial charge in [0, 0.05) is 11.1 Å². The normalized spacial score (nSPS) is 11.1. The van der Waals surface area contributed by atoms with Crippen LogP contribution in [0.5, 0.6) is 5.75 Å². The van der Waals surface area contributed by atoms with Crippen LogP contribution in [0.2, 0.25) is 5.02 Å². The molecule has 2 aromatic heterocycles. The molecule has 7 heteroatoms. The number of halogens is 1. The van der Waals surface area contributed by atoms with E-state index in [0.29, 0.717) is 32.1 Å². The van der Waals surface area contributed by atoms with E-state index in [2.05, 4.69) is 4.98 Å². The second kappa shape index (κ2) is 7.40. The molecule has 0 aliphatic heterocycles. The van der Waals surface area contributed by atoms with E-state index < -0.39 is 5.97 Å². The highest BCUT2D eigenvalue weighted by Gasteiger charge is 2.15. The molecule has 0 unspecified atom stereocenters. The van der Waals surface area contributed by atoms with E-state index in [-0.39, 0.29) is 11.2 Å². The van der Waals surface area contributed by atoms with Crippen molar-refractivity contribution < 1.29 is 13.9 Å². The van der Waals surface area contributed by atoms with Crippen molar-refractivity contribution >= 4 is 50.1 Å². The fourth-order valence-corrected chi connectivity index (χ4v) is 4.15. The summed E-state index contributed by atoms with van der Waals surface area (Å²) in [6.45, 7) is 0. The first-order valence-corrected chi connectivity index (χ1v) is 10.2. The molecule has 0 aliphatic carbocycles. The van der Waals surface area contributed by atoms with E-state index in [1.54, 1.807) is 36.4 Å². The van der Waals surface area contributed by atoms with Gasteiger partial charge in [-0.3, -0.25) is 4.79 Å². The lowest BCUT2D eigenvalue weighted by molar-refractivity contribution is 0.0735. The summed E-state index contributed by atoms with van der Waals surface area (Å²) >= 11 is 7.27. The summed E-state index contributed by atoms with van der Waals surface area (Å²) in [5.41, 5.74) is 1.74. The minimum atomic E-state index is -0.528. The molecule has 3 aromatic carbocycles. The van der Waals surface area contributed by atoms with Crippen LogP contribution < -0.4 is 10.2 Å². The number of rotatable bonds is 3. The van der Waals surface area contributed by atoms with Gasteiger partial charge in [-0.05, 0) is 48.5 Å². The number of para-hydroxylation sites is 1. The fourth-order valence-electron chi connectivity index (χ4n) is 3.06. The Balaban J connectivity index is 1.48. The average Bonchev–Trinajstić information content (AvgIpc) is 3.18. The minimum Gasteiger partial charge on any atom is -0.463 e. The molecule has 2 heterocycles. The van der Waals surface area contributed by atoms with Gasteiger partial charge in [-0.1, -0.05) is 23.7 Å². The summed E-state index contributed by atoms with van der Waals surface area (Å²) in [5, 5.41) is 1.52. The van der Waals surface area contributed by atoms with Crippen LogP contribution in [0.25, 0.3) is 31.8 Å². The Labute approximate surface area is 179 Å². The van der Waals surface area contributed by atoms with Crippen LogP contribution in [0.3, 0.4) is 0 Å². The molecule has 5 rings (SSSR count). The number of benzene rings is 3. The number of hydrogen-bond acceptors (Lipinski definition) is 6. The Hall–Kier alpha value is -3.48. The summed E-state index contributed by atoms with van der Waals surface area (Å²) in [6.07, 6.45) is 1.40. The summed E-state index contributed by atoms with van der Waals surface area (Å²) < 4.78 is 12.1. The van der Waals surface area contributed by atoms with Gasteiger partial charge in [-0.25, -0.2) is 9.78 Å². The SMILES string of the molecule is O=C(Oc1ccc2c(=O)c(-c3nc4ccccc4s3)coc2c1)c1ccc(Cl)cc1. The zero-order valence-corrected chi connectivity index (χ0v) is 16.9. The zero-order valence-electron chi connectivity index (χ0n) is 15.3. The van der Waals surface area contributed by atoms with Gasteiger partial charge in [0.1, 0.15) is 22.6 Å². The maximum atomic E-state index is 13.0. The first-order chi connectivity index (χ1) is 14.6. The lowest BCUT2D eigenvalue weighted by Crippen LogP contribution is -2.09. The molecule has 0 fully saturated rings. The first kappa shape index (κ1) is 18.5. The molecule has 0 saturated carbocycles. The predicted octanol–water partition coefficient (Wildman–Crippen LogP) is 5.94. The van der Waals surface area contributed by atoms with Gasteiger partial charge in [-0.15, -0.1) is 11.3 Å². The van der Waals surface area contributed by atoms with E-state index >= 15 is 0 Å². The Morgan fingerprint density at radius 3 is 2.63 bits per heavy atom. The van der Waals surface area contributed by atoms with Crippen molar-refractivity contribution in [3.05, 3.63) is 93.8 Å². The fraction of sp³-hybridized carbons (Fsp3) is 0. The van der Waals surface area contributed by atoms with Gasteiger partial charge in [0.15, 0.2) is 0 Å². The van der Waals surface area contributed by atoms with Crippen LogP contribution in [0.4, 0.5) is 0 Å². The zero-order chi connectivity index (χ0) is 20.7. The van der Waals surface area contributed by atoms with Gasteiger partial charge in [0.05, 0.1) is 26.7 Å². The maximum absolute atomic E-state index is 13.0. The molecule has 30 heavy (non-hydrogen) atoms. The average molecular weight is 434 g/mol. The van der Waals surface area contributed by atoms with Gasteiger partial charge in [0.25, 0.3) is 0 Å². The largest absolute Gasteiger partial charge is 0.463 e. The Morgan fingerprint density at radius 2 is 1.83 bits per heavy atom. The van der Waals surface area contributed by atoms with E-state index in [4.69, 9.17) is 20.8 Å². The number of carbonyl (C=O) groups is 1. The molecular formula is C23H12ClNO4S. The number of ether oxygens (including phenoxy) is 1. The van der Waals surface area contributed by atoms with Crippen molar-refractivity contribution in [3.8, 4) is 16.3 Å². The van der Waals surface area contributed by atoms with Crippen LogP contribution >= 0.6 is 22.9 Å². The number of hydrogen-bond donors (Lipinski definition) is 0. The molecule has 5 nitrogen and oxygen atoms in total. The monoisotopic (exact) mass is 433 g/mol. The van der Waals surface area contributed by atoms with Crippen LogP contribution in [0.1, 0.15) is 10.4 Å². The summed E-state index contributed by atoms with van der Waals surface area (Å²) in [7, 11) is 0. The molecule has 146 valence electrons. The van der Waals surface area contributed by atoms with E-state index in [1.807, 2.05) is 24.3 Å². The lowest BCUT2D eigenvalue weighted by atomic mass is 10.1. The Kier molecular flexibility index (Phi) is 4.58. The molecule has 0 aliphatic rings. The van der Waals surface area contributed by atoms with Crippen LogP contribution in [-0.4, -0.2) is 11.0 Å². The topological polar surface area (TPSA) is 69.4 Å². The third-order valence-corrected chi connectivity index (χ3v) is 5.88. The molecule has 0 radical (unpaired) electrons. The second-order valence-electron chi connectivity index (χ2n) is 6.52. The van der Waals surface area contributed by atoms with Gasteiger partial charge < -0.3 is 9.15 Å². The van der Waals surface area contributed by atoms with Crippen molar-refractivity contribution in [2.75, 3.05) is 0 Å². The third-order valence-electron chi connectivity index (χ3n) is 4.56. The van der Waals surface area contributed by atoms with Gasteiger partial charge >= 0.3 is 5.97 Å². The van der Waals surface area contributed by atoms with Crippen LogP contribution in [0, 0.1) is 0 Å². The molecule has 0 N–H and O–H groups in total. The van der Waals surface area contributed by atoms with Crippen molar-refractivity contribution in [2.45, 2.75) is 0 Å². The van der Waals surface area contributed by atoms with Crippen LogP contribution in [0.15, 0.2) is 82.2 Å². The number of thiazole rings is 1. The molecule has 0 atom stereocenters. The number of fused-ring (bicyclic) bond motifs is 2. The van der Waals surface area contributed by atoms with Crippen molar-refractivity contribution in [1.29, 1.82) is 0 Å². The quantitative estimate of drug-likeness (QED) is 0.260. The van der Waals surface area contributed by atoms with Crippen molar-refractivity contribution in [2.24, 2.45) is 0 Å². The van der Waals surface area contributed by atoms with Crippen molar-refractivity contribution in [1.82, 2.24) is 4.98 Å². The van der Waals surface area contributed by atoms with E-state index in [9.17, 15) is 9.59 Å². The molecular weight excluding hydrogens is 422 g/mol. The van der Waals surface area contributed by atoms with E-state index in [0.717, 1.165) is 10.2 Å². The Bertz CT molecular complexity index is 1440. The Morgan fingerprint density at radius 1 is 1.03 bits per heavy atom. The molecule has 0 bridgehead atoms. The smallest absolute Gasteiger partial charge is 0.343 e. The lowest BCUT2D eigenvalue weighted by Gasteiger charge is -2.06. The summed E-state index contributed by atoms with van der Waals surface area (Å²) in [4.78, 5) is 29.8. The number of carbonyl (C=O) groups excluding carboxylic acids is 1. The first-order valence-electron chi connectivity index (χ1n) is 8.98. The number of aromatic nitrogens is 1. The molecule has 0 spiro atoms. The summed E-state index contributed by atoms with van der Waals surface area (Å²) in [6, 6.07) is 18.8. The van der Waals surface area contributed by atoms with Gasteiger partial charge in [0.2, 0.25) is 5.43 Å². The van der Waals surface area contributed by atoms with Gasteiger partial charge in [-0.2, -0.15) is 0 Å². The minimum absolute atomic E-state index is 0.189. The molecule has 5 aromatic rings. The number of nitrogens with zero attached hydrogens (tertiary/aromatic N) is 1. The predicted molar refractivity (Wildman–Crippen MR) is 118 cm³/mol. The second-order valence-corrected chi connectivity index (χ2v) is 7.99. The van der Waals surface area contributed by atoms with E-state index in [1.165, 1.54) is 23.7 Å². The maximum Gasteiger partial charge on any atom is 0.343 e. The highest BCUT2D eigenvalue weighted by Crippen LogP contribution is 2.30.